The molecule has 0 radical (unpaired) electrons. The Morgan fingerprint density at radius 2 is 1.73 bits per heavy atom. The van der Waals surface area contributed by atoms with Crippen molar-refractivity contribution in [3.63, 3.8) is 0 Å². The molecule has 3 aromatic heterocycles. The summed E-state index contributed by atoms with van der Waals surface area (Å²) in [5.41, 5.74) is 3.87. The SMILES string of the molecule is Cc1nn2ccccc2c1C(=O)N[C@@H](C)c1nc2cccc(C)c2c(=O)n1-c1ccccc1. The van der Waals surface area contributed by atoms with Crippen molar-refractivity contribution in [1.29, 1.82) is 0 Å². The molecule has 0 bridgehead atoms. The van der Waals surface area contributed by atoms with Crippen molar-refractivity contribution in [2.75, 3.05) is 0 Å². The van der Waals surface area contributed by atoms with Gasteiger partial charge in [-0.3, -0.25) is 14.2 Å². The van der Waals surface area contributed by atoms with Gasteiger partial charge >= 0.3 is 0 Å². The summed E-state index contributed by atoms with van der Waals surface area (Å²) in [6, 6.07) is 20.0. The van der Waals surface area contributed by atoms with Gasteiger partial charge in [0.2, 0.25) is 0 Å². The van der Waals surface area contributed by atoms with Gasteiger partial charge in [0.1, 0.15) is 5.82 Å². The van der Waals surface area contributed by atoms with E-state index in [1.807, 2.05) is 93.7 Å². The molecule has 3 heterocycles. The smallest absolute Gasteiger partial charge is 0.266 e. The molecule has 0 aliphatic carbocycles. The summed E-state index contributed by atoms with van der Waals surface area (Å²) >= 11 is 0. The molecule has 1 atom stereocenters. The molecule has 33 heavy (non-hydrogen) atoms. The molecule has 0 saturated carbocycles. The number of nitrogens with zero attached hydrogens (tertiary/aromatic N) is 4. The molecular weight excluding hydrogens is 414 g/mol. The summed E-state index contributed by atoms with van der Waals surface area (Å²) in [5.74, 6) is 0.200. The Morgan fingerprint density at radius 1 is 0.970 bits per heavy atom. The zero-order valence-electron chi connectivity index (χ0n) is 18.6. The van der Waals surface area contributed by atoms with Crippen molar-refractivity contribution in [2.24, 2.45) is 0 Å². The third kappa shape index (κ3) is 3.47. The fraction of sp³-hybridized carbons (Fsp3) is 0.154. The van der Waals surface area contributed by atoms with Crippen LogP contribution in [0, 0.1) is 13.8 Å². The van der Waals surface area contributed by atoms with E-state index < -0.39 is 6.04 Å². The number of rotatable bonds is 4. The van der Waals surface area contributed by atoms with E-state index in [0.717, 1.165) is 11.1 Å². The zero-order valence-corrected chi connectivity index (χ0v) is 18.6. The molecule has 5 rings (SSSR count). The lowest BCUT2D eigenvalue weighted by Gasteiger charge is -2.20. The Kier molecular flexibility index (Phi) is 5.01. The standard InChI is InChI=1S/C26H23N5O2/c1-16-10-9-13-20-22(16)26(33)31(19-11-5-4-6-12-19)24(28-20)18(3)27-25(32)23-17(2)29-30-15-8-7-14-21(23)30/h4-15,18H,1-3H3,(H,27,32)/t18-/m0/s1. The average molecular weight is 438 g/mol. The maximum absolute atomic E-state index is 13.6. The van der Waals surface area contributed by atoms with E-state index in [1.165, 1.54) is 0 Å². The van der Waals surface area contributed by atoms with Crippen LogP contribution in [-0.2, 0) is 0 Å². The first-order valence-electron chi connectivity index (χ1n) is 10.8. The van der Waals surface area contributed by atoms with Crippen LogP contribution in [0.15, 0.2) is 77.7 Å². The van der Waals surface area contributed by atoms with Crippen LogP contribution in [-0.4, -0.2) is 25.1 Å². The summed E-state index contributed by atoms with van der Waals surface area (Å²) in [6.07, 6.45) is 1.81. The molecule has 0 fully saturated rings. The van der Waals surface area contributed by atoms with Crippen molar-refractivity contribution in [3.8, 4) is 5.69 Å². The van der Waals surface area contributed by atoms with Crippen LogP contribution in [0.2, 0.25) is 0 Å². The minimum atomic E-state index is -0.534. The Hall–Kier alpha value is -4.26. The van der Waals surface area contributed by atoms with Crippen LogP contribution in [0.5, 0.6) is 0 Å². The molecule has 164 valence electrons. The molecule has 0 spiro atoms. The lowest BCUT2D eigenvalue weighted by atomic mass is 10.1. The second kappa shape index (κ2) is 8.02. The molecule has 0 aliphatic heterocycles. The fourth-order valence-electron chi connectivity index (χ4n) is 4.26. The highest BCUT2D eigenvalue weighted by Crippen LogP contribution is 2.21. The van der Waals surface area contributed by atoms with Crippen LogP contribution in [0.3, 0.4) is 0 Å². The van der Waals surface area contributed by atoms with E-state index in [1.54, 1.807) is 9.08 Å². The van der Waals surface area contributed by atoms with Crippen molar-refractivity contribution in [1.82, 2.24) is 24.5 Å². The van der Waals surface area contributed by atoms with E-state index in [-0.39, 0.29) is 11.5 Å². The number of nitrogens with one attached hydrogen (secondary N) is 1. The van der Waals surface area contributed by atoms with Gasteiger partial charge in [-0.25, -0.2) is 9.50 Å². The number of pyridine rings is 1. The van der Waals surface area contributed by atoms with Crippen molar-refractivity contribution in [3.05, 3.63) is 106 Å². The summed E-state index contributed by atoms with van der Waals surface area (Å²) in [5, 5.41) is 8.03. The molecule has 0 saturated heterocycles. The van der Waals surface area contributed by atoms with Crippen LogP contribution >= 0.6 is 0 Å². The van der Waals surface area contributed by atoms with Gasteiger partial charge < -0.3 is 5.32 Å². The number of carbonyl (C=O) groups excluding carboxylic acids is 1. The van der Waals surface area contributed by atoms with Gasteiger partial charge in [0.25, 0.3) is 11.5 Å². The van der Waals surface area contributed by atoms with Crippen LogP contribution < -0.4 is 10.9 Å². The highest BCUT2D eigenvalue weighted by atomic mass is 16.2. The maximum atomic E-state index is 13.6. The summed E-state index contributed by atoms with van der Waals surface area (Å²) < 4.78 is 3.27. The van der Waals surface area contributed by atoms with E-state index in [0.29, 0.717) is 33.7 Å². The minimum Gasteiger partial charge on any atom is -0.342 e. The van der Waals surface area contributed by atoms with Crippen LogP contribution in [0.25, 0.3) is 22.1 Å². The monoisotopic (exact) mass is 437 g/mol. The second-order valence-electron chi connectivity index (χ2n) is 8.10. The Labute approximate surface area is 190 Å². The number of aromatic nitrogens is 4. The minimum absolute atomic E-state index is 0.160. The Balaban J connectivity index is 1.64. The van der Waals surface area contributed by atoms with Gasteiger partial charge in [-0.05, 0) is 56.7 Å². The average Bonchev–Trinajstić information content (AvgIpc) is 3.15. The lowest BCUT2D eigenvalue weighted by molar-refractivity contribution is 0.0939. The topological polar surface area (TPSA) is 81.3 Å². The van der Waals surface area contributed by atoms with Crippen molar-refractivity contribution >= 4 is 22.3 Å². The van der Waals surface area contributed by atoms with Crippen LogP contribution in [0.1, 0.15) is 40.4 Å². The third-order valence-corrected chi connectivity index (χ3v) is 5.82. The van der Waals surface area contributed by atoms with Crippen molar-refractivity contribution < 1.29 is 4.79 Å². The molecular formula is C26H23N5O2. The molecule has 0 unspecified atom stereocenters. The molecule has 1 amide bonds. The van der Waals surface area contributed by atoms with Gasteiger partial charge in [-0.15, -0.1) is 0 Å². The van der Waals surface area contributed by atoms with Gasteiger partial charge in [0, 0.05) is 6.20 Å². The van der Waals surface area contributed by atoms with Gasteiger partial charge in [-0.1, -0.05) is 36.4 Å². The molecule has 1 N–H and O–H groups in total. The van der Waals surface area contributed by atoms with E-state index in [2.05, 4.69) is 10.4 Å². The van der Waals surface area contributed by atoms with Crippen LogP contribution in [0.4, 0.5) is 0 Å². The number of hydrogen-bond acceptors (Lipinski definition) is 4. The molecule has 5 aromatic rings. The number of aryl methyl sites for hydroxylation is 2. The highest BCUT2D eigenvalue weighted by molar-refractivity contribution is 6.02. The Bertz CT molecular complexity index is 1570. The summed E-state index contributed by atoms with van der Waals surface area (Å²) in [4.78, 5) is 31.7. The first-order chi connectivity index (χ1) is 16.0. The lowest BCUT2D eigenvalue weighted by Crippen LogP contribution is -2.33. The van der Waals surface area contributed by atoms with Gasteiger partial charge in [-0.2, -0.15) is 5.10 Å². The first-order valence-corrected chi connectivity index (χ1v) is 10.8. The number of para-hydroxylation sites is 1. The molecule has 7 heteroatoms. The number of fused-ring (bicyclic) bond motifs is 2. The third-order valence-electron chi connectivity index (χ3n) is 5.82. The van der Waals surface area contributed by atoms with Crippen molar-refractivity contribution in [2.45, 2.75) is 26.8 Å². The number of benzene rings is 2. The Morgan fingerprint density at radius 3 is 2.52 bits per heavy atom. The number of hydrogen-bond donors (Lipinski definition) is 1. The summed E-state index contributed by atoms with van der Waals surface area (Å²) in [6.45, 7) is 5.55. The maximum Gasteiger partial charge on any atom is 0.266 e. The largest absolute Gasteiger partial charge is 0.342 e. The molecule has 0 aliphatic rings. The number of carbonyl (C=O) groups is 1. The van der Waals surface area contributed by atoms with E-state index >= 15 is 0 Å². The van der Waals surface area contributed by atoms with Gasteiger partial charge in [0.15, 0.2) is 0 Å². The predicted molar refractivity (Wildman–Crippen MR) is 128 cm³/mol. The predicted octanol–water partition coefficient (Wildman–Crippen LogP) is 4.14. The number of amides is 1. The molecule has 7 nitrogen and oxygen atoms in total. The van der Waals surface area contributed by atoms with Gasteiger partial charge in [0.05, 0.1) is 39.4 Å². The van der Waals surface area contributed by atoms with E-state index in [9.17, 15) is 9.59 Å². The first kappa shape index (κ1) is 20.6. The normalized spacial score (nSPS) is 12.2. The quantitative estimate of drug-likeness (QED) is 0.458. The highest BCUT2D eigenvalue weighted by Gasteiger charge is 2.23. The van der Waals surface area contributed by atoms with E-state index in [4.69, 9.17) is 4.98 Å². The molecule has 2 aromatic carbocycles. The fourth-order valence-corrected chi connectivity index (χ4v) is 4.26. The zero-order chi connectivity index (χ0) is 23.1. The second-order valence-corrected chi connectivity index (χ2v) is 8.10. The summed E-state index contributed by atoms with van der Waals surface area (Å²) in [7, 11) is 0.